The topological polar surface area (TPSA) is 52.3 Å². The Morgan fingerprint density at radius 1 is 1.21 bits per heavy atom. The van der Waals surface area contributed by atoms with E-state index in [-0.39, 0.29) is 17.1 Å². The van der Waals surface area contributed by atoms with Crippen LogP contribution in [0.25, 0.3) is 22.2 Å². The molecule has 0 aliphatic carbocycles. The van der Waals surface area contributed by atoms with E-state index < -0.39 is 5.82 Å². The summed E-state index contributed by atoms with van der Waals surface area (Å²) in [7, 11) is 0. The van der Waals surface area contributed by atoms with Crippen molar-refractivity contribution in [2.24, 2.45) is 0 Å². The largest absolute Gasteiger partial charge is 0.371 e. The normalized spacial score (nSPS) is 19.7. The fourth-order valence-electron chi connectivity index (χ4n) is 4.71. The van der Waals surface area contributed by atoms with Crippen LogP contribution in [-0.2, 0) is 11.3 Å². The van der Waals surface area contributed by atoms with Gasteiger partial charge in [-0.05, 0) is 23.8 Å². The molecule has 168 valence electrons. The van der Waals surface area contributed by atoms with Gasteiger partial charge in [0, 0.05) is 54.5 Å². The lowest BCUT2D eigenvalue weighted by Gasteiger charge is -2.47. The van der Waals surface area contributed by atoms with Gasteiger partial charge in [-0.2, -0.15) is 0 Å². The third-order valence-corrected chi connectivity index (χ3v) is 7.01. The fourth-order valence-corrected chi connectivity index (χ4v) is 5.18. The van der Waals surface area contributed by atoms with Crippen LogP contribution in [0.2, 0.25) is 5.02 Å². The van der Waals surface area contributed by atoms with E-state index in [1.165, 1.54) is 10.6 Å². The second kappa shape index (κ2) is 7.90. The standard InChI is InChI=1S/C24H20ClFN4O2S/c25-21-3-1-2-15(23(21)26)10-28-5-4-14(6-22(28)31)20-13-30(33)24-19(20)7-16(9-27-24)29-11-17-8-18(12-29)32-17/h1-7,9,13,17-18,33H,8,10-12H2. The average Bonchev–Trinajstić information content (AvgIpc) is 3.13. The minimum absolute atomic E-state index is 0.0413. The molecule has 2 bridgehead atoms. The molecule has 6 nitrogen and oxygen atoms in total. The van der Waals surface area contributed by atoms with Gasteiger partial charge in [-0.15, -0.1) is 0 Å². The van der Waals surface area contributed by atoms with E-state index in [4.69, 9.17) is 16.3 Å². The molecule has 3 aromatic heterocycles. The van der Waals surface area contributed by atoms with Gasteiger partial charge in [0.1, 0.15) is 5.82 Å². The molecule has 3 aliphatic rings. The Hall–Kier alpha value is -2.81. The smallest absolute Gasteiger partial charge is 0.251 e. The van der Waals surface area contributed by atoms with Crippen LogP contribution in [0.1, 0.15) is 12.0 Å². The highest BCUT2D eigenvalue weighted by molar-refractivity contribution is 7.78. The van der Waals surface area contributed by atoms with E-state index in [1.54, 1.807) is 28.4 Å². The van der Waals surface area contributed by atoms with Gasteiger partial charge in [0.05, 0.1) is 35.7 Å². The summed E-state index contributed by atoms with van der Waals surface area (Å²) in [5, 5.41) is 0.959. The van der Waals surface area contributed by atoms with Crippen LogP contribution in [0, 0.1) is 5.82 Å². The molecule has 6 heterocycles. The van der Waals surface area contributed by atoms with E-state index in [0.29, 0.717) is 17.8 Å². The number of pyridine rings is 2. The van der Waals surface area contributed by atoms with E-state index in [1.807, 2.05) is 18.5 Å². The van der Waals surface area contributed by atoms with Crippen molar-refractivity contribution in [2.75, 3.05) is 18.0 Å². The Kier molecular flexibility index (Phi) is 4.97. The number of halogens is 2. The lowest BCUT2D eigenvalue weighted by atomic mass is 9.98. The minimum atomic E-state index is -0.507. The molecule has 2 atom stereocenters. The van der Waals surface area contributed by atoms with Gasteiger partial charge >= 0.3 is 0 Å². The highest BCUT2D eigenvalue weighted by Gasteiger charge is 2.38. The van der Waals surface area contributed by atoms with Crippen LogP contribution < -0.4 is 10.5 Å². The molecular formula is C24H20ClFN4O2S. The summed E-state index contributed by atoms with van der Waals surface area (Å²) in [4.78, 5) is 19.8. The molecular weight excluding hydrogens is 463 g/mol. The molecule has 33 heavy (non-hydrogen) atoms. The fraction of sp³-hybridized carbons (Fsp3) is 0.250. The molecule has 0 radical (unpaired) electrons. The van der Waals surface area contributed by atoms with Crippen LogP contribution in [0.15, 0.2) is 59.8 Å². The first-order chi connectivity index (χ1) is 16.0. The van der Waals surface area contributed by atoms with Gasteiger partial charge in [-0.3, -0.25) is 8.77 Å². The summed E-state index contributed by atoms with van der Waals surface area (Å²) in [6.07, 6.45) is 7.11. The van der Waals surface area contributed by atoms with Crippen LogP contribution in [0.3, 0.4) is 0 Å². The molecule has 2 unspecified atom stereocenters. The molecule has 0 spiro atoms. The zero-order valence-corrected chi connectivity index (χ0v) is 19.1. The van der Waals surface area contributed by atoms with Crippen molar-refractivity contribution in [1.29, 1.82) is 0 Å². The van der Waals surface area contributed by atoms with Crippen LogP contribution >= 0.6 is 24.4 Å². The Morgan fingerprint density at radius 2 is 2.00 bits per heavy atom. The third kappa shape index (κ3) is 3.62. The number of hydrogen-bond donors (Lipinski definition) is 1. The summed E-state index contributed by atoms with van der Waals surface area (Å²) in [5.41, 5.74) is 3.51. The maximum atomic E-state index is 14.3. The number of thiol groups is 1. The number of benzene rings is 1. The highest BCUT2D eigenvalue weighted by atomic mass is 35.5. The van der Waals surface area contributed by atoms with Crippen molar-refractivity contribution < 1.29 is 9.13 Å². The van der Waals surface area contributed by atoms with E-state index >= 15 is 0 Å². The summed E-state index contributed by atoms with van der Waals surface area (Å²) < 4.78 is 23.2. The first-order valence-electron chi connectivity index (χ1n) is 10.7. The maximum Gasteiger partial charge on any atom is 0.251 e. The third-order valence-electron chi connectivity index (χ3n) is 6.41. The summed E-state index contributed by atoms with van der Waals surface area (Å²) >= 11 is 10.4. The number of hydrogen-bond acceptors (Lipinski definition) is 5. The van der Waals surface area contributed by atoms with Crippen molar-refractivity contribution >= 4 is 41.1 Å². The van der Waals surface area contributed by atoms with E-state index in [9.17, 15) is 9.18 Å². The Labute approximate surface area is 199 Å². The second-order valence-electron chi connectivity index (χ2n) is 8.57. The molecule has 0 N–H and O–H groups in total. The molecule has 0 saturated carbocycles. The molecule has 7 rings (SSSR count). The highest BCUT2D eigenvalue weighted by Crippen LogP contribution is 2.35. The van der Waals surface area contributed by atoms with Crippen molar-refractivity contribution in [1.82, 2.24) is 13.5 Å². The minimum Gasteiger partial charge on any atom is -0.371 e. The maximum absolute atomic E-state index is 14.3. The Bertz CT molecular complexity index is 1440. The van der Waals surface area contributed by atoms with Crippen molar-refractivity contribution in [3.63, 3.8) is 0 Å². The lowest BCUT2D eigenvalue weighted by molar-refractivity contribution is -0.133. The Balaban J connectivity index is 1.35. The predicted molar refractivity (Wildman–Crippen MR) is 130 cm³/mol. The molecule has 3 fully saturated rings. The zero-order valence-electron chi connectivity index (χ0n) is 17.5. The van der Waals surface area contributed by atoms with Crippen molar-refractivity contribution in [3.8, 4) is 11.1 Å². The summed E-state index contributed by atoms with van der Waals surface area (Å²) in [6, 6.07) is 10.3. The summed E-state index contributed by atoms with van der Waals surface area (Å²) in [6.45, 7) is 1.82. The number of aromatic nitrogens is 3. The molecule has 1 aromatic carbocycles. The molecule has 9 heteroatoms. The van der Waals surface area contributed by atoms with Crippen LogP contribution in [-0.4, -0.2) is 38.8 Å². The number of morpholine rings is 1. The lowest BCUT2D eigenvalue weighted by Crippen LogP contribution is -2.57. The quantitative estimate of drug-likeness (QED) is 0.439. The van der Waals surface area contributed by atoms with Crippen molar-refractivity contribution in [3.05, 3.63) is 81.7 Å². The number of rotatable bonds is 4. The zero-order chi connectivity index (χ0) is 22.7. The van der Waals surface area contributed by atoms with Gasteiger partial charge in [0.25, 0.3) is 5.56 Å². The predicted octanol–water partition coefficient (Wildman–Crippen LogP) is 4.38. The molecule has 3 aliphatic heterocycles. The number of fused-ring (bicyclic) bond motifs is 3. The van der Waals surface area contributed by atoms with Gasteiger partial charge in [-0.25, -0.2) is 9.37 Å². The number of piperidine rings is 1. The van der Waals surface area contributed by atoms with Gasteiger partial charge in [-0.1, -0.05) is 36.5 Å². The molecule has 4 aromatic rings. The SMILES string of the molecule is O=c1cc(-c2cn(S)c3ncc(N4CC5CC(C4)O5)cc23)ccn1Cc1cccc(Cl)c1F. The van der Waals surface area contributed by atoms with E-state index in [2.05, 4.69) is 28.8 Å². The number of ether oxygens (including phenoxy) is 1. The van der Waals surface area contributed by atoms with Crippen LogP contribution in [0.5, 0.6) is 0 Å². The monoisotopic (exact) mass is 482 g/mol. The molecule has 0 amide bonds. The van der Waals surface area contributed by atoms with E-state index in [0.717, 1.165) is 47.4 Å². The van der Waals surface area contributed by atoms with Crippen LogP contribution in [0.4, 0.5) is 10.1 Å². The average molecular weight is 483 g/mol. The van der Waals surface area contributed by atoms with Crippen molar-refractivity contribution in [2.45, 2.75) is 25.2 Å². The second-order valence-corrected chi connectivity index (χ2v) is 9.41. The first-order valence-corrected chi connectivity index (χ1v) is 11.5. The number of anilines is 1. The van der Waals surface area contributed by atoms with Gasteiger partial charge in [0.15, 0.2) is 5.65 Å². The van der Waals surface area contributed by atoms with Gasteiger partial charge < -0.3 is 14.2 Å². The first kappa shape index (κ1) is 20.8. The Morgan fingerprint density at radius 3 is 2.76 bits per heavy atom. The number of nitrogens with zero attached hydrogens (tertiary/aromatic N) is 4. The molecule has 3 saturated heterocycles. The summed E-state index contributed by atoms with van der Waals surface area (Å²) in [5.74, 6) is -0.507. The van der Waals surface area contributed by atoms with Gasteiger partial charge in [0.2, 0.25) is 0 Å².